The molecule has 7 heteroatoms. The first-order valence-electron chi connectivity index (χ1n) is 9.00. The molecule has 0 aromatic heterocycles. The molecule has 27 heavy (non-hydrogen) atoms. The Hall–Kier alpha value is -2.51. The summed E-state index contributed by atoms with van der Waals surface area (Å²) in [5, 5.41) is 6.17. The van der Waals surface area contributed by atoms with Crippen molar-refractivity contribution >= 4 is 21.5 Å². The third kappa shape index (κ3) is 3.17. The number of piperidine rings is 1. The predicted molar refractivity (Wildman–Crippen MR) is 99.7 cm³/mol. The SMILES string of the molecule is O=C(NCC1CCCNC1)c1ccc2c(c1)S(=O)(=O)c1ccccc1C2=O. The maximum atomic E-state index is 12.9. The molecule has 2 aromatic rings. The number of fused-ring (bicyclic) bond motifs is 2. The van der Waals surface area contributed by atoms with Crippen molar-refractivity contribution < 1.29 is 18.0 Å². The van der Waals surface area contributed by atoms with Gasteiger partial charge in [0.25, 0.3) is 5.91 Å². The van der Waals surface area contributed by atoms with Crippen LogP contribution in [0.1, 0.15) is 39.1 Å². The summed E-state index contributed by atoms with van der Waals surface area (Å²) >= 11 is 0. The van der Waals surface area contributed by atoms with Crippen LogP contribution in [0.3, 0.4) is 0 Å². The molecular weight excluding hydrogens is 364 g/mol. The number of hydrogen-bond donors (Lipinski definition) is 2. The molecule has 4 rings (SSSR count). The number of sulfone groups is 1. The molecule has 0 bridgehead atoms. The van der Waals surface area contributed by atoms with Crippen LogP contribution >= 0.6 is 0 Å². The van der Waals surface area contributed by atoms with Crippen molar-refractivity contribution in [1.82, 2.24) is 10.6 Å². The summed E-state index contributed by atoms with van der Waals surface area (Å²) in [5.41, 5.74) is 0.530. The molecule has 2 aliphatic heterocycles. The van der Waals surface area contributed by atoms with Crippen LogP contribution in [0.5, 0.6) is 0 Å². The van der Waals surface area contributed by atoms with E-state index in [1.165, 1.54) is 30.3 Å². The van der Waals surface area contributed by atoms with Crippen molar-refractivity contribution in [3.8, 4) is 0 Å². The summed E-state index contributed by atoms with van der Waals surface area (Å²) in [5.74, 6) is -0.293. The minimum absolute atomic E-state index is 0.00617. The molecule has 2 aliphatic rings. The molecule has 1 fully saturated rings. The van der Waals surface area contributed by atoms with Gasteiger partial charge in [0.2, 0.25) is 9.84 Å². The second kappa shape index (κ2) is 6.90. The molecule has 140 valence electrons. The number of hydrogen-bond acceptors (Lipinski definition) is 5. The number of carbonyl (C=O) groups is 2. The fourth-order valence-electron chi connectivity index (χ4n) is 3.66. The Balaban J connectivity index is 1.62. The summed E-state index contributed by atoms with van der Waals surface area (Å²) in [7, 11) is -3.84. The number of carbonyl (C=O) groups excluding carboxylic acids is 2. The number of rotatable bonds is 3. The quantitative estimate of drug-likeness (QED) is 0.718. The maximum Gasteiger partial charge on any atom is 0.251 e. The normalized spacial score (nSPS) is 20.4. The Morgan fingerprint density at radius 2 is 1.89 bits per heavy atom. The van der Waals surface area contributed by atoms with Crippen LogP contribution in [0.2, 0.25) is 0 Å². The zero-order valence-electron chi connectivity index (χ0n) is 14.7. The van der Waals surface area contributed by atoms with E-state index < -0.39 is 9.84 Å². The molecular formula is C20H20N2O4S. The number of benzene rings is 2. The minimum atomic E-state index is -3.84. The third-order valence-electron chi connectivity index (χ3n) is 5.15. The van der Waals surface area contributed by atoms with Crippen molar-refractivity contribution in [1.29, 1.82) is 0 Å². The molecule has 2 heterocycles. The van der Waals surface area contributed by atoms with E-state index in [9.17, 15) is 18.0 Å². The largest absolute Gasteiger partial charge is 0.352 e. The van der Waals surface area contributed by atoms with Gasteiger partial charge in [-0.15, -0.1) is 0 Å². The average Bonchev–Trinajstić information content (AvgIpc) is 2.71. The highest BCUT2D eigenvalue weighted by atomic mass is 32.2. The van der Waals surface area contributed by atoms with Crippen molar-refractivity contribution in [2.45, 2.75) is 22.6 Å². The van der Waals surface area contributed by atoms with Gasteiger partial charge in [-0.2, -0.15) is 0 Å². The first-order chi connectivity index (χ1) is 13.0. The first-order valence-corrected chi connectivity index (χ1v) is 10.5. The lowest BCUT2D eigenvalue weighted by molar-refractivity contribution is 0.0943. The molecule has 0 saturated carbocycles. The van der Waals surface area contributed by atoms with Crippen molar-refractivity contribution in [2.75, 3.05) is 19.6 Å². The van der Waals surface area contributed by atoms with Gasteiger partial charge >= 0.3 is 0 Å². The Labute approximate surface area is 157 Å². The van der Waals surface area contributed by atoms with Gasteiger partial charge in [0.1, 0.15) is 0 Å². The fourth-order valence-corrected chi connectivity index (χ4v) is 5.34. The van der Waals surface area contributed by atoms with E-state index in [-0.39, 0.29) is 38.2 Å². The van der Waals surface area contributed by atoms with Gasteiger partial charge in [-0.25, -0.2) is 8.42 Å². The smallest absolute Gasteiger partial charge is 0.251 e. The lowest BCUT2D eigenvalue weighted by Gasteiger charge is -2.23. The third-order valence-corrected chi connectivity index (χ3v) is 7.00. The van der Waals surface area contributed by atoms with Crippen LogP contribution in [0.4, 0.5) is 0 Å². The zero-order valence-corrected chi connectivity index (χ0v) is 15.5. The fraction of sp³-hybridized carbons (Fsp3) is 0.300. The molecule has 1 atom stereocenters. The molecule has 0 radical (unpaired) electrons. The highest BCUT2D eigenvalue weighted by Crippen LogP contribution is 2.34. The van der Waals surface area contributed by atoms with Gasteiger partial charge < -0.3 is 10.6 Å². The highest BCUT2D eigenvalue weighted by molar-refractivity contribution is 7.91. The molecule has 1 unspecified atom stereocenters. The lowest BCUT2D eigenvalue weighted by Crippen LogP contribution is -2.38. The molecule has 2 aromatic carbocycles. The van der Waals surface area contributed by atoms with E-state index in [1.54, 1.807) is 12.1 Å². The van der Waals surface area contributed by atoms with Crippen molar-refractivity contribution in [3.63, 3.8) is 0 Å². The summed E-state index contributed by atoms with van der Waals surface area (Å²) < 4.78 is 25.9. The molecule has 1 amide bonds. The molecule has 0 spiro atoms. The zero-order chi connectivity index (χ0) is 19.0. The van der Waals surface area contributed by atoms with Crippen LogP contribution in [-0.4, -0.2) is 39.7 Å². The predicted octanol–water partition coefficient (Wildman–Crippen LogP) is 1.79. The Bertz CT molecular complexity index is 1020. The maximum absolute atomic E-state index is 12.9. The highest BCUT2D eigenvalue weighted by Gasteiger charge is 2.35. The summed E-state index contributed by atoms with van der Waals surface area (Å²) in [6, 6.07) is 10.4. The Morgan fingerprint density at radius 3 is 2.67 bits per heavy atom. The van der Waals surface area contributed by atoms with Crippen molar-refractivity contribution in [3.05, 3.63) is 59.2 Å². The van der Waals surface area contributed by atoms with Crippen molar-refractivity contribution in [2.24, 2.45) is 5.92 Å². The lowest BCUT2D eigenvalue weighted by atomic mass is 9.99. The van der Waals surface area contributed by atoms with Gasteiger partial charge in [0, 0.05) is 23.2 Å². The average molecular weight is 384 g/mol. The number of ketones is 1. The van der Waals surface area contributed by atoms with Gasteiger partial charge in [0.15, 0.2) is 5.78 Å². The van der Waals surface area contributed by atoms with Crippen LogP contribution in [0.25, 0.3) is 0 Å². The summed E-state index contributed by atoms with van der Waals surface area (Å²) in [6.45, 7) is 2.41. The van der Waals surface area contributed by atoms with E-state index in [0.29, 0.717) is 12.5 Å². The van der Waals surface area contributed by atoms with Crippen LogP contribution < -0.4 is 10.6 Å². The van der Waals surface area contributed by atoms with Crippen LogP contribution in [0, 0.1) is 5.92 Å². The van der Waals surface area contributed by atoms with Crippen LogP contribution in [-0.2, 0) is 9.84 Å². The molecule has 0 aliphatic carbocycles. The summed E-state index contributed by atoms with van der Waals surface area (Å²) in [4.78, 5) is 25.0. The Morgan fingerprint density at radius 1 is 1.11 bits per heavy atom. The van der Waals surface area contributed by atoms with Gasteiger partial charge in [-0.05, 0) is 62.2 Å². The van der Waals surface area contributed by atoms with E-state index in [4.69, 9.17) is 0 Å². The standard InChI is InChI=1S/C20H20N2O4S/c23-19-15-5-1-2-6-17(15)27(25,26)18-10-14(7-8-16(18)19)20(24)22-12-13-4-3-9-21-11-13/h1-2,5-8,10,13,21H,3-4,9,11-12H2,(H,22,24). The van der Waals surface area contributed by atoms with Gasteiger partial charge in [0.05, 0.1) is 9.79 Å². The second-order valence-corrected chi connectivity index (χ2v) is 8.85. The second-order valence-electron chi connectivity index (χ2n) is 6.96. The van der Waals surface area contributed by atoms with E-state index >= 15 is 0 Å². The number of nitrogens with one attached hydrogen (secondary N) is 2. The molecule has 6 nitrogen and oxygen atoms in total. The summed E-state index contributed by atoms with van der Waals surface area (Å²) in [6.07, 6.45) is 2.14. The topological polar surface area (TPSA) is 92.3 Å². The van der Waals surface area contributed by atoms with Gasteiger partial charge in [-0.1, -0.05) is 12.1 Å². The van der Waals surface area contributed by atoms with E-state index in [0.717, 1.165) is 25.9 Å². The first kappa shape index (κ1) is 17.9. The van der Waals surface area contributed by atoms with E-state index in [2.05, 4.69) is 10.6 Å². The number of amides is 1. The van der Waals surface area contributed by atoms with Crippen LogP contribution in [0.15, 0.2) is 52.3 Å². The van der Waals surface area contributed by atoms with Gasteiger partial charge in [-0.3, -0.25) is 9.59 Å². The van der Waals surface area contributed by atoms with E-state index in [1.807, 2.05) is 0 Å². The monoisotopic (exact) mass is 384 g/mol. The molecule has 2 N–H and O–H groups in total. The molecule has 1 saturated heterocycles. The Kier molecular flexibility index (Phi) is 4.57. The minimum Gasteiger partial charge on any atom is -0.352 e.